The van der Waals surface area contributed by atoms with Crippen molar-refractivity contribution in [2.45, 2.75) is 6.42 Å². The van der Waals surface area contributed by atoms with Gasteiger partial charge in [-0.05, 0) is 18.2 Å². The topological polar surface area (TPSA) is 49.8 Å². The van der Waals surface area contributed by atoms with Crippen molar-refractivity contribution in [3.8, 4) is 17.9 Å². The van der Waals surface area contributed by atoms with Crippen LogP contribution in [0, 0.1) is 29.0 Å². The van der Waals surface area contributed by atoms with Crippen molar-refractivity contribution in [1.29, 1.82) is 5.26 Å². The minimum Gasteiger partial charge on any atom is -0.330 e. The van der Waals surface area contributed by atoms with Gasteiger partial charge in [-0.25, -0.2) is 4.39 Å². The van der Waals surface area contributed by atoms with Crippen molar-refractivity contribution in [3.05, 3.63) is 35.1 Å². The van der Waals surface area contributed by atoms with E-state index in [1.165, 1.54) is 18.2 Å². The van der Waals surface area contributed by atoms with E-state index in [2.05, 4.69) is 11.8 Å². The summed E-state index contributed by atoms with van der Waals surface area (Å²) in [5.41, 5.74) is 6.05. The Bertz CT molecular complexity index is 421. The molecule has 0 saturated heterocycles. The highest BCUT2D eigenvalue weighted by Crippen LogP contribution is 2.08. The van der Waals surface area contributed by atoms with Gasteiger partial charge in [0.05, 0.1) is 5.56 Å². The minimum atomic E-state index is -0.388. The normalized spacial score (nSPS) is 8.64. The summed E-state index contributed by atoms with van der Waals surface area (Å²) < 4.78 is 12.8. The summed E-state index contributed by atoms with van der Waals surface area (Å²) in [4.78, 5) is 0. The number of nitriles is 1. The smallest absolute Gasteiger partial charge is 0.124 e. The van der Waals surface area contributed by atoms with Gasteiger partial charge in [-0.1, -0.05) is 11.8 Å². The maximum absolute atomic E-state index is 12.8. The summed E-state index contributed by atoms with van der Waals surface area (Å²) >= 11 is 0. The average molecular weight is 188 g/mol. The van der Waals surface area contributed by atoms with E-state index >= 15 is 0 Å². The molecule has 0 atom stereocenters. The first-order chi connectivity index (χ1) is 6.77. The third-order valence-corrected chi connectivity index (χ3v) is 1.59. The summed E-state index contributed by atoms with van der Waals surface area (Å²) in [6.45, 7) is 0.463. The number of rotatable bonds is 1. The lowest BCUT2D eigenvalue weighted by Gasteiger charge is -1.94. The van der Waals surface area contributed by atoms with Crippen LogP contribution in [0.1, 0.15) is 17.5 Å². The van der Waals surface area contributed by atoms with Gasteiger partial charge in [0.2, 0.25) is 0 Å². The molecule has 0 aliphatic carbocycles. The first-order valence-corrected chi connectivity index (χ1v) is 4.16. The Hall–Kier alpha value is -1.84. The van der Waals surface area contributed by atoms with Crippen LogP contribution in [0.2, 0.25) is 0 Å². The summed E-state index contributed by atoms with van der Waals surface area (Å²) in [5.74, 6) is 5.09. The fourth-order valence-electron chi connectivity index (χ4n) is 0.947. The van der Waals surface area contributed by atoms with E-state index in [0.717, 1.165) is 0 Å². The molecule has 1 aromatic rings. The molecule has 0 saturated carbocycles. The molecule has 0 aliphatic rings. The van der Waals surface area contributed by atoms with Gasteiger partial charge in [-0.3, -0.25) is 0 Å². The van der Waals surface area contributed by atoms with E-state index < -0.39 is 0 Å². The third-order valence-electron chi connectivity index (χ3n) is 1.59. The molecule has 0 radical (unpaired) electrons. The molecule has 1 aromatic carbocycles. The maximum Gasteiger partial charge on any atom is 0.124 e. The number of benzene rings is 1. The molecule has 1 rings (SSSR count). The van der Waals surface area contributed by atoms with Crippen LogP contribution in [0.3, 0.4) is 0 Å². The van der Waals surface area contributed by atoms with Crippen LogP contribution in [-0.2, 0) is 0 Å². The predicted molar refractivity (Wildman–Crippen MR) is 51.7 cm³/mol. The lowest BCUT2D eigenvalue weighted by molar-refractivity contribution is 0.627. The van der Waals surface area contributed by atoms with Crippen molar-refractivity contribution in [3.63, 3.8) is 0 Å². The standard InChI is InChI=1S/C11H9FN2/c12-11-5-4-10(8-14)9(7-11)3-1-2-6-13/h4-5,7H,2,6,13H2. The van der Waals surface area contributed by atoms with Crippen molar-refractivity contribution in [2.24, 2.45) is 5.73 Å². The molecule has 14 heavy (non-hydrogen) atoms. The molecule has 3 heteroatoms. The Morgan fingerprint density at radius 2 is 2.14 bits per heavy atom. The monoisotopic (exact) mass is 188 g/mol. The Balaban J connectivity index is 3.02. The summed E-state index contributed by atoms with van der Waals surface area (Å²) in [6.07, 6.45) is 0.543. The number of hydrogen-bond acceptors (Lipinski definition) is 2. The van der Waals surface area contributed by atoms with Crippen LogP contribution in [0.4, 0.5) is 4.39 Å². The quantitative estimate of drug-likeness (QED) is 0.677. The first-order valence-electron chi connectivity index (χ1n) is 4.16. The minimum absolute atomic E-state index is 0.385. The molecular formula is C11H9FN2. The molecule has 0 amide bonds. The largest absolute Gasteiger partial charge is 0.330 e. The molecular weight excluding hydrogens is 179 g/mol. The van der Waals surface area contributed by atoms with Crippen molar-refractivity contribution in [2.75, 3.05) is 6.54 Å². The van der Waals surface area contributed by atoms with Crippen molar-refractivity contribution in [1.82, 2.24) is 0 Å². The average Bonchev–Trinajstić information content (AvgIpc) is 2.19. The van der Waals surface area contributed by atoms with Gasteiger partial charge in [0.25, 0.3) is 0 Å². The van der Waals surface area contributed by atoms with E-state index in [4.69, 9.17) is 11.0 Å². The fraction of sp³-hybridized carbons (Fsp3) is 0.182. The van der Waals surface area contributed by atoms with Crippen LogP contribution in [0.5, 0.6) is 0 Å². The zero-order chi connectivity index (χ0) is 10.4. The molecule has 0 aromatic heterocycles. The summed E-state index contributed by atoms with van der Waals surface area (Å²) in [5, 5.41) is 8.70. The molecule has 0 fully saturated rings. The van der Waals surface area contributed by atoms with Gasteiger partial charge in [-0.2, -0.15) is 5.26 Å². The molecule has 0 bridgehead atoms. The Morgan fingerprint density at radius 1 is 1.36 bits per heavy atom. The third kappa shape index (κ3) is 2.58. The van der Waals surface area contributed by atoms with Crippen LogP contribution < -0.4 is 5.73 Å². The van der Waals surface area contributed by atoms with Crippen LogP contribution >= 0.6 is 0 Å². The molecule has 70 valence electrons. The number of halogens is 1. The zero-order valence-corrected chi connectivity index (χ0v) is 7.55. The van der Waals surface area contributed by atoms with E-state index in [1.54, 1.807) is 0 Å². The Morgan fingerprint density at radius 3 is 2.79 bits per heavy atom. The van der Waals surface area contributed by atoms with Gasteiger partial charge in [0.15, 0.2) is 0 Å². The van der Waals surface area contributed by atoms with Gasteiger partial charge in [-0.15, -0.1) is 0 Å². The second kappa shape index (κ2) is 5.01. The molecule has 0 unspecified atom stereocenters. The SMILES string of the molecule is N#Cc1ccc(F)cc1C#CCCN. The zero-order valence-electron chi connectivity index (χ0n) is 7.55. The maximum atomic E-state index is 12.8. The Labute approximate surface area is 82.2 Å². The summed E-state index contributed by atoms with van der Waals surface area (Å²) in [7, 11) is 0. The molecule has 0 aliphatic heterocycles. The van der Waals surface area contributed by atoms with E-state index in [9.17, 15) is 4.39 Å². The number of nitrogens with zero attached hydrogens (tertiary/aromatic N) is 1. The van der Waals surface area contributed by atoms with E-state index in [-0.39, 0.29) is 5.82 Å². The molecule has 2 nitrogen and oxygen atoms in total. The lowest BCUT2D eigenvalue weighted by Crippen LogP contribution is -1.95. The molecule has 0 heterocycles. The lowest BCUT2D eigenvalue weighted by atomic mass is 10.1. The number of hydrogen-bond donors (Lipinski definition) is 1. The fourth-order valence-corrected chi connectivity index (χ4v) is 0.947. The first kappa shape index (κ1) is 10.2. The second-order valence-corrected chi connectivity index (χ2v) is 2.64. The van der Waals surface area contributed by atoms with Gasteiger partial charge >= 0.3 is 0 Å². The summed E-state index contributed by atoms with van der Waals surface area (Å²) in [6, 6.07) is 5.86. The predicted octanol–water partition coefficient (Wildman–Crippen LogP) is 1.40. The number of nitrogens with two attached hydrogens (primary N) is 1. The van der Waals surface area contributed by atoms with Crippen LogP contribution in [0.15, 0.2) is 18.2 Å². The van der Waals surface area contributed by atoms with E-state index in [1.807, 2.05) is 6.07 Å². The van der Waals surface area contributed by atoms with E-state index in [0.29, 0.717) is 24.1 Å². The van der Waals surface area contributed by atoms with Gasteiger partial charge in [0.1, 0.15) is 11.9 Å². The van der Waals surface area contributed by atoms with Crippen molar-refractivity contribution < 1.29 is 4.39 Å². The highest BCUT2D eigenvalue weighted by molar-refractivity contribution is 5.47. The molecule has 0 spiro atoms. The van der Waals surface area contributed by atoms with Gasteiger partial charge in [0, 0.05) is 18.5 Å². The van der Waals surface area contributed by atoms with Crippen molar-refractivity contribution >= 4 is 0 Å². The second-order valence-electron chi connectivity index (χ2n) is 2.64. The van der Waals surface area contributed by atoms with Gasteiger partial charge < -0.3 is 5.73 Å². The van der Waals surface area contributed by atoms with Crippen LogP contribution in [0.25, 0.3) is 0 Å². The Kier molecular flexibility index (Phi) is 3.67. The highest BCUT2D eigenvalue weighted by atomic mass is 19.1. The van der Waals surface area contributed by atoms with Crippen LogP contribution in [-0.4, -0.2) is 6.54 Å². The highest BCUT2D eigenvalue weighted by Gasteiger charge is 1.99. The molecule has 2 N–H and O–H groups in total.